The van der Waals surface area contributed by atoms with E-state index in [0.29, 0.717) is 6.54 Å². The first-order chi connectivity index (χ1) is 9.63. The fourth-order valence-corrected chi connectivity index (χ4v) is 2.64. The number of hydrogen-bond acceptors (Lipinski definition) is 1. The maximum Gasteiger partial charge on any atom is 0.227 e. The summed E-state index contributed by atoms with van der Waals surface area (Å²) in [5.41, 5.74) is -0.124. The highest BCUT2D eigenvalue weighted by molar-refractivity contribution is 9.09. The van der Waals surface area contributed by atoms with E-state index < -0.39 is 11.6 Å². The molecule has 1 aromatic rings. The van der Waals surface area contributed by atoms with Gasteiger partial charge in [-0.2, -0.15) is 0 Å². The molecule has 1 aliphatic rings. The molecule has 0 spiro atoms. The van der Waals surface area contributed by atoms with Crippen LogP contribution in [0.4, 0.5) is 8.78 Å². The van der Waals surface area contributed by atoms with E-state index in [1.54, 1.807) is 4.90 Å². The van der Waals surface area contributed by atoms with Gasteiger partial charge in [0.25, 0.3) is 0 Å². The summed E-state index contributed by atoms with van der Waals surface area (Å²) in [7, 11) is 0. The van der Waals surface area contributed by atoms with E-state index in [0.717, 1.165) is 31.0 Å². The zero-order valence-electron chi connectivity index (χ0n) is 11.2. The molecule has 0 aromatic heterocycles. The first-order valence-corrected chi connectivity index (χ1v) is 8.04. The van der Waals surface area contributed by atoms with Gasteiger partial charge < -0.3 is 4.90 Å². The molecule has 0 heterocycles. The van der Waals surface area contributed by atoms with Crippen LogP contribution < -0.4 is 0 Å². The molecule has 20 heavy (non-hydrogen) atoms. The zero-order chi connectivity index (χ0) is 14.5. The van der Waals surface area contributed by atoms with Gasteiger partial charge in [0.2, 0.25) is 5.91 Å². The minimum Gasteiger partial charge on any atom is -0.339 e. The van der Waals surface area contributed by atoms with Crippen LogP contribution in [-0.2, 0) is 11.2 Å². The fraction of sp³-hybridized carbons (Fsp3) is 0.533. The summed E-state index contributed by atoms with van der Waals surface area (Å²) in [4.78, 5) is 14.1. The normalized spacial score (nSPS) is 14.9. The highest BCUT2D eigenvalue weighted by atomic mass is 79.9. The van der Waals surface area contributed by atoms with Crippen LogP contribution in [0.25, 0.3) is 0 Å². The van der Waals surface area contributed by atoms with Gasteiger partial charge >= 0.3 is 0 Å². The number of halogens is 3. The van der Waals surface area contributed by atoms with Crippen LogP contribution in [0.5, 0.6) is 0 Å². The third-order valence-corrected chi connectivity index (χ3v) is 4.32. The van der Waals surface area contributed by atoms with Crippen LogP contribution >= 0.6 is 15.9 Å². The minimum absolute atomic E-state index is 0.124. The second kappa shape index (κ2) is 7.16. The van der Waals surface area contributed by atoms with Gasteiger partial charge in [-0.05, 0) is 37.8 Å². The van der Waals surface area contributed by atoms with Crippen LogP contribution in [0.2, 0.25) is 0 Å². The molecule has 1 saturated carbocycles. The van der Waals surface area contributed by atoms with Crippen LogP contribution in [0.1, 0.15) is 31.2 Å². The van der Waals surface area contributed by atoms with Gasteiger partial charge in [-0.25, -0.2) is 8.78 Å². The van der Waals surface area contributed by atoms with Crippen molar-refractivity contribution in [1.82, 2.24) is 4.90 Å². The Kier molecular flexibility index (Phi) is 5.52. The van der Waals surface area contributed by atoms with Crippen molar-refractivity contribution < 1.29 is 13.6 Å². The molecular weight excluding hydrogens is 328 g/mol. The van der Waals surface area contributed by atoms with Gasteiger partial charge in [-0.3, -0.25) is 4.79 Å². The lowest BCUT2D eigenvalue weighted by Gasteiger charge is -2.37. The van der Waals surface area contributed by atoms with E-state index in [1.807, 2.05) is 0 Å². The van der Waals surface area contributed by atoms with Gasteiger partial charge in [-0.1, -0.05) is 22.0 Å². The maximum atomic E-state index is 13.6. The Bertz CT molecular complexity index is 457. The predicted octanol–water partition coefficient (Wildman–Crippen LogP) is 3.67. The molecule has 2 rings (SSSR count). The van der Waals surface area contributed by atoms with E-state index in [4.69, 9.17) is 0 Å². The smallest absolute Gasteiger partial charge is 0.227 e. The highest BCUT2D eigenvalue weighted by Gasteiger charge is 2.29. The average Bonchev–Trinajstić information content (AvgIpc) is 2.36. The SMILES string of the molecule is O=C(Cc1c(F)cccc1F)N(CCCBr)C1CCC1. The van der Waals surface area contributed by atoms with E-state index in [9.17, 15) is 13.6 Å². The molecule has 110 valence electrons. The number of carbonyl (C=O) groups excluding carboxylic acids is 1. The monoisotopic (exact) mass is 345 g/mol. The topological polar surface area (TPSA) is 20.3 Å². The summed E-state index contributed by atoms with van der Waals surface area (Å²) in [6.07, 6.45) is 3.76. The van der Waals surface area contributed by atoms with E-state index in [1.165, 1.54) is 18.2 Å². The number of benzene rings is 1. The molecule has 2 nitrogen and oxygen atoms in total. The summed E-state index contributed by atoms with van der Waals surface area (Å²) in [6.45, 7) is 0.644. The van der Waals surface area contributed by atoms with Crippen molar-refractivity contribution in [2.24, 2.45) is 0 Å². The van der Waals surface area contributed by atoms with Crippen LogP contribution in [0, 0.1) is 11.6 Å². The van der Waals surface area contributed by atoms with Gasteiger partial charge in [-0.15, -0.1) is 0 Å². The maximum absolute atomic E-state index is 13.6. The molecule has 0 saturated heterocycles. The molecule has 0 atom stereocenters. The molecule has 1 amide bonds. The Hall–Kier alpha value is -0.970. The van der Waals surface area contributed by atoms with Crippen molar-refractivity contribution in [2.45, 2.75) is 38.1 Å². The third kappa shape index (κ3) is 3.57. The Morgan fingerprint density at radius 3 is 2.45 bits per heavy atom. The standard InChI is InChI=1S/C15H18BrF2NO/c16-8-3-9-19(11-4-1-5-11)15(20)10-12-13(17)6-2-7-14(12)18/h2,6-7,11H,1,3-5,8-10H2. The number of rotatable bonds is 6. The van der Waals surface area contributed by atoms with Crippen molar-refractivity contribution >= 4 is 21.8 Å². The first-order valence-electron chi connectivity index (χ1n) is 6.92. The molecule has 0 N–H and O–H groups in total. The lowest BCUT2D eigenvalue weighted by Crippen LogP contribution is -2.45. The molecule has 1 fully saturated rings. The average molecular weight is 346 g/mol. The lowest BCUT2D eigenvalue weighted by atomic mass is 9.91. The molecule has 0 unspecified atom stereocenters. The Balaban J connectivity index is 2.07. The summed E-state index contributed by atoms with van der Waals surface area (Å²) in [6, 6.07) is 3.94. The van der Waals surface area contributed by atoms with Crippen molar-refractivity contribution in [3.8, 4) is 0 Å². The van der Waals surface area contributed by atoms with E-state index in [-0.39, 0.29) is 23.9 Å². The number of carbonyl (C=O) groups is 1. The quantitative estimate of drug-likeness (QED) is 0.720. The van der Waals surface area contributed by atoms with Gasteiger partial charge in [0, 0.05) is 23.5 Å². The molecule has 0 aliphatic heterocycles. The molecule has 5 heteroatoms. The van der Waals surface area contributed by atoms with E-state index in [2.05, 4.69) is 15.9 Å². The molecule has 0 bridgehead atoms. The minimum atomic E-state index is -0.646. The fourth-order valence-electron chi connectivity index (χ4n) is 2.39. The Morgan fingerprint density at radius 1 is 1.30 bits per heavy atom. The van der Waals surface area contributed by atoms with Crippen molar-refractivity contribution in [3.63, 3.8) is 0 Å². The van der Waals surface area contributed by atoms with Gasteiger partial charge in [0.15, 0.2) is 0 Å². The Labute approximate surface area is 126 Å². The van der Waals surface area contributed by atoms with Gasteiger partial charge in [0.1, 0.15) is 11.6 Å². The predicted molar refractivity (Wildman–Crippen MR) is 77.8 cm³/mol. The van der Waals surface area contributed by atoms with Crippen LogP contribution in [-0.4, -0.2) is 28.7 Å². The van der Waals surface area contributed by atoms with Crippen molar-refractivity contribution in [2.75, 3.05) is 11.9 Å². The number of amides is 1. The zero-order valence-corrected chi connectivity index (χ0v) is 12.8. The Morgan fingerprint density at radius 2 is 1.95 bits per heavy atom. The summed E-state index contributed by atoms with van der Waals surface area (Å²) < 4.78 is 27.2. The summed E-state index contributed by atoms with van der Waals surface area (Å²) in [5.74, 6) is -1.47. The molecule has 1 aromatic carbocycles. The molecule has 1 aliphatic carbocycles. The van der Waals surface area contributed by atoms with Crippen LogP contribution in [0.15, 0.2) is 18.2 Å². The number of nitrogens with zero attached hydrogens (tertiary/aromatic N) is 1. The summed E-state index contributed by atoms with van der Waals surface area (Å²) >= 11 is 3.35. The number of alkyl halides is 1. The van der Waals surface area contributed by atoms with Crippen molar-refractivity contribution in [3.05, 3.63) is 35.4 Å². The third-order valence-electron chi connectivity index (χ3n) is 3.76. The lowest BCUT2D eigenvalue weighted by molar-refractivity contribution is -0.134. The van der Waals surface area contributed by atoms with E-state index >= 15 is 0 Å². The van der Waals surface area contributed by atoms with Crippen molar-refractivity contribution in [1.29, 1.82) is 0 Å². The first kappa shape index (κ1) is 15.4. The van der Waals surface area contributed by atoms with Crippen LogP contribution in [0.3, 0.4) is 0 Å². The highest BCUT2D eigenvalue weighted by Crippen LogP contribution is 2.26. The largest absolute Gasteiger partial charge is 0.339 e. The molecular formula is C15H18BrF2NO. The van der Waals surface area contributed by atoms with Gasteiger partial charge in [0.05, 0.1) is 6.42 Å². The molecule has 0 radical (unpaired) electrons. The second-order valence-electron chi connectivity index (χ2n) is 5.09. The second-order valence-corrected chi connectivity index (χ2v) is 5.88. The summed E-state index contributed by atoms with van der Waals surface area (Å²) in [5, 5.41) is 0.817. The number of hydrogen-bond donors (Lipinski definition) is 0.